The van der Waals surface area contributed by atoms with Crippen LogP contribution >= 0.6 is 0 Å². The zero-order chi connectivity index (χ0) is 8.39. The molecule has 0 saturated carbocycles. The Morgan fingerprint density at radius 1 is 1.33 bits per heavy atom. The molecule has 2 rings (SSSR count). The fraction of sp³-hybridized carbons (Fsp3) is 0.200. The van der Waals surface area contributed by atoms with Crippen molar-refractivity contribution < 1.29 is 4.90 Å². The summed E-state index contributed by atoms with van der Waals surface area (Å²) >= 11 is 0. The minimum atomic E-state index is 1.03. The minimum Gasteiger partial charge on any atom is -0.461 e. The van der Waals surface area contributed by atoms with Crippen LogP contribution in [0.4, 0.5) is 0 Å². The predicted octanol–water partition coefficient (Wildman–Crippen LogP) is 0.155. The topological polar surface area (TPSA) is 17.3 Å². The van der Waals surface area contributed by atoms with Crippen LogP contribution in [-0.2, 0) is 0 Å². The maximum atomic E-state index is 3.99. The minimum absolute atomic E-state index is 1.03. The van der Waals surface area contributed by atoms with Crippen LogP contribution in [0.1, 0.15) is 5.56 Å². The van der Waals surface area contributed by atoms with Gasteiger partial charge in [-0.25, -0.2) is 0 Å². The van der Waals surface area contributed by atoms with Crippen molar-refractivity contribution in [2.75, 3.05) is 13.1 Å². The highest BCUT2D eigenvalue weighted by Crippen LogP contribution is 2.12. The summed E-state index contributed by atoms with van der Waals surface area (Å²) < 4.78 is 0. The second-order valence-electron chi connectivity index (χ2n) is 3.10. The third-order valence-electron chi connectivity index (χ3n) is 2.13. The Kier molecular flexibility index (Phi) is 1.92. The monoisotopic (exact) mass is 160 g/mol. The predicted molar refractivity (Wildman–Crippen MR) is 48.3 cm³/mol. The van der Waals surface area contributed by atoms with Crippen LogP contribution in [0, 0.1) is 7.05 Å². The summed E-state index contributed by atoms with van der Waals surface area (Å²) in [5, 5.41) is 0. The van der Waals surface area contributed by atoms with E-state index in [9.17, 15) is 0 Å². The van der Waals surface area contributed by atoms with Crippen LogP contribution in [0.25, 0.3) is 5.57 Å². The van der Waals surface area contributed by atoms with Gasteiger partial charge in [-0.15, -0.1) is 0 Å². The van der Waals surface area contributed by atoms with E-state index < -0.39 is 0 Å². The third kappa shape index (κ3) is 1.38. The Morgan fingerprint density at radius 3 is 2.67 bits per heavy atom. The summed E-state index contributed by atoms with van der Waals surface area (Å²) in [6.45, 7) is 2.07. The molecule has 0 saturated heterocycles. The van der Waals surface area contributed by atoms with Crippen LogP contribution in [0.3, 0.4) is 0 Å². The van der Waals surface area contributed by atoms with Gasteiger partial charge in [0.15, 0.2) is 0 Å². The Morgan fingerprint density at radius 2 is 2.08 bits per heavy atom. The SMILES string of the molecule is [CH2-][NH+]1CC=C(c2ccncc2)C1. The van der Waals surface area contributed by atoms with Crippen LogP contribution < -0.4 is 4.90 Å². The molecule has 2 heteroatoms. The first kappa shape index (κ1) is 7.50. The van der Waals surface area contributed by atoms with E-state index in [-0.39, 0.29) is 0 Å². The van der Waals surface area contributed by atoms with Crippen LogP contribution in [0.15, 0.2) is 30.6 Å². The van der Waals surface area contributed by atoms with Crippen molar-refractivity contribution in [3.63, 3.8) is 0 Å². The quantitative estimate of drug-likeness (QED) is 0.579. The number of nitrogens with zero attached hydrogens (tertiary/aromatic N) is 1. The average molecular weight is 160 g/mol. The second-order valence-corrected chi connectivity index (χ2v) is 3.10. The lowest BCUT2D eigenvalue weighted by Crippen LogP contribution is -3.05. The molecular formula is C10H12N2. The summed E-state index contributed by atoms with van der Waals surface area (Å²) in [6.07, 6.45) is 5.91. The standard InChI is InChI=1S/C10H12N2/c1-12-7-4-10(8-12)9-2-5-11-6-3-9/h2-6,12H,1,7-8H2. The molecule has 62 valence electrons. The van der Waals surface area contributed by atoms with Crippen molar-refractivity contribution >= 4 is 5.57 Å². The van der Waals surface area contributed by atoms with Crippen molar-refractivity contribution in [2.24, 2.45) is 0 Å². The number of rotatable bonds is 1. The fourth-order valence-corrected chi connectivity index (χ4v) is 1.47. The molecule has 1 unspecified atom stereocenters. The second kappa shape index (κ2) is 3.07. The summed E-state index contributed by atoms with van der Waals surface area (Å²) in [5.74, 6) is 0. The number of nitrogens with one attached hydrogen (secondary N) is 1. The zero-order valence-corrected chi connectivity index (χ0v) is 6.96. The molecule has 2 nitrogen and oxygen atoms in total. The molecule has 1 aromatic rings. The number of hydrogen-bond acceptors (Lipinski definition) is 1. The zero-order valence-electron chi connectivity index (χ0n) is 6.96. The number of quaternary nitrogens is 1. The van der Waals surface area contributed by atoms with Gasteiger partial charge in [-0.1, -0.05) is 0 Å². The molecule has 2 heterocycles. The molecule has 1 aliphatic rings. The molecular weight excluding hydrogens is 148 g/mol. The molecule has 0 fully saturated rings. The van der Waals surface area contributed by atoms with Gasteiger partial charge >= 0.3 is 0 Å². The van der Waals surface area contributed by atoms with Crippen LogP contribution in [0.5, 0.6) is 0 Å². The van der Waals surface area contributed by atoms with Crippen molar-refractivity contribution in [3.8, 4) is 0 Å². The van der Waals surface area contributed by atoms with Crippen LogP contribution in [0.2, 0.25) is 0 Å². The van der Waals surface area contributed by atoms with Crippen molar-refractivity contribution in [2.45, 2.75) is 0 Å². The molecule has 0 aliphatic carbocycles. The van der Waals surface area contributed by atoms with Gasteiger partial charge in [0.25, 0.3) is 0 Å². The van der Waals surface area contributed by atoms with E-state index in [0.717, 1.165) is 13.1 Å². The van der Waals surface area contributed by atoms with Crippen molar-refractivity contribution in [3.05, 3.63) is 43.2 Å². The van der Waals surface area contributed by atoms with Crippen molar-refractivity contribution in [1.29, 1.82) is 0 Å². The normalized spacial score (nSPS) is 22.4. The Balaban J connectivity index is 2.22. The first-order chi connectivity index (χ1) is 5.86. The number of pyridine rings is 1. The lowest BCUT2D eigenvalue weighted by molar-refractivity contribution is -0.833. The molecule has 1 aromatic heterocycles. The Bertz CT molecular complexity index is 290. The Labute approximate surface area is 72.5 Å². The number of aromatic nitrogens is 1. The maximum absolute atomic E-state index is 3.99. The van der Waals surface area contributed by atoms with E-state index in [1.54, 1.807) is 0 Å². The summed E-state index contributed by atoms with van der Waals surface area (Å²) in [4.78, 5) is 5.29. The average Bonchev–Trinajstić information content (AvgIpc) is 2.54. The summed E-state index contributed by atoms with van der Waals surface area (Å²) in [6, 6.07) is 4.09. The maximum Gasteiger partial charge on any atom is 0.0795 e. The summed E-state index contributed by atoms with van der Waals surface area (Å²) in [5.41, 5.74) is 2.67. The molecule has 0 spiro atoms. The molecule has 1 N–H and O–H groups in total. The smallest absolute Gasteiger partial charge is 0.0795 e. The van der Waals surface area contributed by atoms with Gasteiger partial charge in [0.2, 0.25) is 0 Å². The lowest BCUT2D eigenvalue weighted by atomic mass is 10.1. The van der Waals surface area contributed by atoms with Gasteiger partial charge in [-0.05, 0) is 23.8 Å². The molecule has 1 atom stereocenters. The molecule has 0 amide bonds. The van der Waals surface area contributed by atoms with Gasteiger partial charge in [-0.3, -0.25) is 4.98 Å². The van der Waals surface area contributed by atoms with Gasteiger partial charge in [0.1, 0.15) is 0 Å². The van der Waals surface area contributed by atoms with Gasteiger partial charge in [0, 0.05) is 18.0 Å². The first-order valence-corrected chi connectivity index (χ1v) is 4.12. The van der Waals surface area contributed by atoms with Gasteiger partial charge < -0.3 is 4.90 Å². The van der Waals surface area contributed by atoms with E-state index >= 15 is 0 Å². The van der Waals surface area contributed by atoms with Crippen molar-refractivity contribution in [1.82, 2.24) is 4.98 Å². The fourth-order valence-electron chi connectivity index (χ4n) is 1.47. The highest BCUT2D eigenvalue weighted by molar-refractivity contribution is 5.66. The Hall–Kier alpha value is -1.15. The van der Waals surface area contributed by atoms with Gasteiger partial charge in [-0.2, -0.15) is 7.05 Å². The van der Waals surface area contributed by atoms with E-state index in [1.165, 1.54) is 16.0 Å². The molecule has 0 aromatic carbocycles. The van der Waals surface area contributed by atoms with Gasteiger partial charge in [0.05, 0.1) is 13.1 Å². The highest BCUT2D eigenvalue weighted by atomic mass is 15.1. The summed E-state index contributed by atoms with van der Waals surface area (Å²) in [7, 11) is 3.96. The van der Waals surface area contributed by atoms with E-state index in [0.29, 0.717) is 0 Å². The molecule has 0 bridgehead atoms. The van der Waals surface area contributed by atoms with E-state index in [4.69, 9.17) is 0 Å². The highest BCUT2D eigenvalue weighted by Gasteiger charge is 2.10. The largest absolute Gasteiger partial charge is 0.461 e. The van der Waals surface area contributed by atoms with Crippen LogP contribution in [-0.4, -0.2) is 18.1 Å². The van der Waals surface area contributed by atoms with E-state index in [2.05, 4.69) is 18.1 Å². The molecule has 0 radical (unpaired) electrons. The third-order valence-corrected chi connectivity index (χ3v) is 2.13. The molecule has 1 aliphatic heterocycles. The first-order valence-electron chi connectivity index (χ1n) is 4.12. The number of hydrogen-bond donors (Lipinski definition) is 1. The molecule has 12 heavy (non-hydrogen) atoms. The van der Waals surface area contributed by atoms with E-state index in [1.807, 2.05) is 24.5 Å². The lowest BCUT2D eigenvalue weighted by Gasteiger charge is -2.12.